The molecule has 0 amide bonds. The van der Waals surface area contributed by atoms with Gasteiger partial charge in [0.2, 0.25) is 10.0 Å². The van der Waals surface area contributed by atoms with Crippen LogP contribution in [0.4, 0.5) is 4.39 Å². The molecule has 1 aromatic carbocycles. The molecule has 0 aromatic heterocycles. The summed E-state index contributed by atoms with van der Waals surface area (Å²) in [6.45, 7) is 5.81. The third-order valence-corrected chi connectivity index (χ3v) is 5.09. The average molecular weight is 367 g/mol. The van der Waals surface area contributed by atoms with E-state index in [-0.39, 0.29) is 23.4 Å². The third-order valence-electron chi connectivity index (χ3n) is 3.08. The molecule has 0 spiro atoms. The van der Waals surface area contributed by atoms with Crippen LogP contribution in [0.3, 0.4) is 0 Å². The Hall–Kier alpha value is -0.500. The van der Waals surface area contributed by atoms with Gasteiger partial charge in [-0.1, -0.05) is 29.8 Å². The van der Waals surface area contributed by atoms with Gasteiger partial charge in [0.25, 0.3) is 0 Å². The zero-order valence-electron chi connectivity index (χ0n) is 12.0. The van der Waals surface area contributed by atoms with Gasteiger partial charge in [0.05, 0.1) is 0 Å². The lowest BCUT2D eigenvalue weighted by molar-refractivity contribution is 0.472. The van der Waals surface area contributed by atoms with Crippen LogP contribution < -0.4 is 10.0 Å². The topological polar surface area (TPSA) is 58.2 Å². The fourth-order valence-electron chi connectivity index (χ4n) is 1.58. The highest BCUT2D eigenvalue weighted by Crippen LogP contribution is 2.24. The van der Waals surface area contributed by atoms with E-state index in [9.17, 15) is 12.8 Å². The second-order valence-corrected chi connectivity index (χ2v) is 7.66. The Bertz CT molecular complexity index is 576. The summed E-state index contributed by atoms with van der Waals surface area (Å²) in [6.07, 6.45) is 0. The van der Waals surface area contributed by atoms with E-state index in [1.807, 2.05) is 13.8 Å². The van der Waals surface area contributed by atoms with Gasteiger partial charge < -0.3 is 5.32 Å². The summed E-state index contributed by atoms with van der Waals surface area (Å²) in [5.74, 6) is -0.595. The van der Waals surface area contributed by atoms with Crippen LogP contribution in [0.5, 0.6) is 0 Å². The zero-order valence-corrected chi connectivity index (χ0v) is 14.4. The van der Waals surface area contributed by atoms with Crippen molar-refractivity contribution in [3.8, 4) is 0 Å². The quantitative estimate of drug-likeness (QED) is 0.813. The summed E-state index contributed by atoms with van der Waals surface area (Å²) in [5, 5.41) is 2.81. The molecule has 0 fully saturated rings. The largest absolute Gasteiger partial charge is 0.316 e. The van der Waals surface area contributed by atoms with Gasteiger partial charge in [-0.25, -0.2) is 17.5 Å². The normalized spacial score (nSPS) is 13.8. The Kier molecular flexibility index (Phi) is 6.12. The molecule has 4 nitrogen and oxygen atoms in total. The van der Waals surface area contributed by atoms with Crippen LogP contribution >= 0.6 is 15.9 Å². The number of hydrogen-bond acceptors (Lipinski definition) is 3. The van der Waals surface area contributed by atoms with Crippen molar-refractivity contribution in [1.82, 2.24) is 10.0 Å². The highest BCUT2D eigenvalue weighted by atomic mass is 79.9. The van der Waals surface area contributed by atoms with E-state index in [0.717, 1.165) is 0 Å². The molecular weight excluding hydrogens is 347 g/mol. The molecule has 1 atom stereocenters. The molecule has 0 radical (unpaired) electrons. The van der Waals surface area contributed by atoms with E-state index in [1.165, 1.54) is 6.07 Å². The predicted molar refractivity (Wildman–Crippen MR) is 81.5 cm³/mol. The van der Waals surface area contributed by atoms with Crippen molar-refractivity contribution in [2.45, 2.75) is 38.3 Å². The maximum atomic E-state index is 14.3. The van der Waals surface area contributed by atoms with Crippen LogP contribution in [0, 0.1) is 11.7 Å². The summed E-state index contributed by atoms with van der Waals surface area (Å²) in [5.41, 5.74) is 0.305. The lowest BCUT2D eigenvalue weighted by Crippen LogP contribution is -2.36. The molecule has 7 heteroatoms. The molecule has 0 saturated heterocycles. The Labute approximate surface area is 128 Å². The zero-order chi connectivity index (χ0) is 15.5. The fourth-order valence-corrected chi connectivity index (χ4v) is 3.77. The molecule has 20 heavy (non-hydrogen) atoms. The smallest absolute Gasteiger partial charge is 0.243 e. The maximum Gasteiger partial charge on any atom is 0.243 e. The first-order valence-electron chi connectivity index (χ1n) is 6.34. The van der Waals surface area contributed by atoms with Crippen molar-refractivity contribution >= 4 is 26.0 Å². The van der Waals surface area contributed by atoms with Crippen molar-refractivity contribution in [1.29, 1.82) is 0 Å². The van der Waals surface area contributed by atoms with Gasteiger partial charge in [0.1, 0.15) is 10.7 Å². The van der Waals surface area contributed by atoms with Crippen molar-refractivity contribution in [3.63, 3.8) is 0 Å². The van der Waals surface area contributed by atoms with E-state index in [0.29, 0.717) is 10.0 Å². The van der Waals surface area contributed by atoms with Gasteiger partial charge >= 0.3 is 0 Å². The summed E-state index contributed by atoms with van der Waals surface area (Å²) in [7, 11) is -2.21. The standard InChI is InChI=1S/C13H20BrFN2O2S/c1-8(2)9(3)17-20(18,19)12-6-11(14)5-10(7-16-4)13(12)15/h5-6,8-9,16-17H,7H2,1-4H3. The second-order valence-electron chi connectivity index (χ2n) is 5.06. The summed E-state index contributed by atoms with van der Waals surface area (Å²) >= 11 is 3.22. The minimum atomic E-state index is -3.88. The van der Waals surface area contributed by atoms with Crippen molar-refractivity contribution in [2.75, 3.05) is 7.05 Å². The van der Waals surface area contributed by atoms with Gasteiger partial charge in [-0.15, -0.1) is 0 Å². The molecule has 1 unspecified atom stereocenters. The van der Waals surface area contributed by atoms with Gasteiger partial charge in [-0.2, -0.15) is 0 Å². The van der Waals surface area contributed by atoms with Crippen LogP contribution in [0.15, 0.2) is 21.5 Å². The summed E-state index contributed by atoms with van der Waals surface area (Å²) < 4.78 is 41.9. The van der Waals surface area contributed by atoms with Gasteiger partial charge in [0.15, 0.2) is 0 Å². The molecule has 0 bridgehead atoms. The monoisotopic (exact) mass is 366 g/mol. The van der Waals surface area contributed by atoms with Crippen molar-refractivity contribution < 1.29 is 12.8 Å². The van der Waals surface area contributed by atoms with Crippen LogP contribution in [0.25, 0.3) is 0 Å². The van der Waals surface area contributed by atoms with Crippen molar-refractivity contribution in [2.24, 2.45) is 5.92 Å². The van der Waals surface area contributed by atoms with E-state index >= 15 is 0 Å². The Morgan fingerprint density at radius 3 is 2.40 bits per heavy atom. The molecule has 1 rings (SSSR count). The lowest BCUT2D eigenvalue weighted by atomic mass is 10.1. The van der Waals surface area contributed by atoms with Crippen LogP contribution in [-0.4, -0.2) is 21.5 Å². The van der Waals surface area contributed by atoms with Crippen LogP contribution in [-0.2, 0) is 16.6 Å². The molecule has 114 valence electrons. The number of halogens is 2. The molecule has 0 saturated carbocycles. The number of rotatable bonds is 6. The second kappa shape index (κ2) is 6.98. The Balaban J connectivity index is 3.24. The number of sulfonamides is 1. The van der Waals surface area contributed by atoms with E-state index in [2.05, 4.69) is 26.0 Å². The molecule has 2 N–H and O–H groups in total. The highest BCUT2D eigenvalue weighted by molar-refractivity contribution is 9.10. The Morgan fingerprint density at radius 1 is 1.30 bits per heavy atom. The Morgan fingerprint density at radius 2 is 1.90 bits per heavy atom. The van der Waals surface area contributed by atoms with Crippen LogP contribution in [0.2, 0.25) is 0 Å². The van der Waals surface area contributed by atoms with Crippen molar-refractivity contribution in [3.05, 3.63) is 28.0 Å². The number of hydrogen-bond donors (Lipinski definition) is 2. The molecule has 0 aliphatic rings. The van der Waals surface area contributed by atoms with E-state index in [1.54, 1.807) is 20.0 Å². The van der Waals surface area contributed by atoms with Gasteiger partial charge in [-0.05, 0) is 32.0 Å². The lowest BCUT2D eigenvalue weighted by Gasteiger charge is -2.18. The minimum absolute atomic E-state index is 0.122. The summed E-state index contributed by atoms with van der Waals surface area (Å²) in [6, 6.07) is 2.58. The highest BCUT2D eigenvalue weighted by Gasteiger charge is 2.24. The SMILES string of the molecule is CNCc1cc(Br)cc(S(=O)(=O)NC(C)C(C)C)c1F. The number of benzene rings is 1. The minimum Gasteiger partial charge on any atom is -0.316 e. The molecule has 0 heterocycles. The first kappa shape index (κ1) is 17.6. The van der Waals surface area contributed by atoms with E-state index in [4.69, 9.17) is 0 Å². The molecular formula is C13H20BrFN2O2S. The molecule has 0 aliphatic carbocycles. The van der Waals surface area contributed by atoms with Gasteiger partial charge in [-0.3, -0.25) is 0 Å². The van der Waals surface area contributed by atoms with Crippen LogP contribution in [0.1, 0.15) is 26.3 Å². The van der Waals surface area contributed by atoms with Gasteiger partial charge in [0, 0.05) is 22.6 Å². The summed E-state index contributed by atoms with van der Waals surface area (Å²) in [4.78, 5) is -0.329. The average Bonchev–Trinajstić information content (AvgIpc) is 2.32. The first-order valence-corrected chi connectivity index (χ1v) is 8.61. The predicted octanol–water partition coefficient (Wildman–Crippen LogP) is 2.63. The first-order chi connectivity index (χ1) is 9.19. The molecule has 0 aliphatic heterocycles. The fraction of sp³-hybridized carbons (Fsp3) is 0.538. The van der Waals surface area contributed by atoms with E-state index < -0.39 is 15.8 Å². The number of nitrogens with one attached hydrogen (secondary N) is 2. The molecule has 1 aromatic rings. The third kappa shape index (κ3) is 4.25. The maximum absolute atomic E-state index is 14.3.